The van der Waals surface area contributed by atoms with E-state index in [0.29, 0.717) is 36.5 Å². The molecule has 0 saturated heterocycles. The van der Waals surface area contributed by atoms with Crippen molar-refractivity contribution in [1.29, 1.82) is 0 Å². The summed E-state index contributed by atoms with van der Waals surface area (Å²) in [6.45, 7) is 1.33. The van der Waals surface area contributed by atoms with Gasteiger partial charge in [0.25, 0.3) is 0 Å². The first kappa shape index (κ1) is 22.0. The molecule has 6 nitrogen and oxygen atoms in total. The van der Waals surface area contributed by atoms with Crippen LogP contribution in [0.1, 0.15) is 30.9 Å². The number of aromatic hydroxyl groups is 1. The van der Waals surface area contributed by atoms with E-state index in [0.717, 1.165) is 17.5 Å². The van der Waals surface area contributed by atoms with Crippen LogP contribution < -0.4 is 14.2 Å². The van der Waals surface area contributed by atoms with E-state index >= 15 is 0 Å². The van der Waals surface area contributed by atoms with E-state index in [1.54, 1.807) is 30.3 Å². The summed E-state index contributed by atoms with van der Waals surface area (Å²) in [5.74, 6) is 1.00. The Bertz CT molecular complexity index is 885. The molecular formula is C23H26O6. The zero-order chi connectivity index (χ0) is 21.2. The van der Waals surface area contributed by atoms with Gasteiger partial charge in [-0.25, -0.2) is 0 Å². The van der Waals surface area contributed by atoms with Crippen LogP contribution >= 0.6 is 0 Å². The summed E-state index contributed by atoms with van der Waals surface area (Å²) < 4.78 is 15.4. The second kappa shape index (κ2) is 10.9. The van der Waals surface area contributed by atoms with Crippen molar-refractivity contribution in [2.45, 2.75) is 32.6 Å². The van der Waals surface area contributed by atoms with Crippen LogP contribution in [0.2, 0.25) is 0 Å². The number of ketones is 1. The number of aryl methyl sites for hydroxylation is 2. The molecule has 0 saturated carbocycles. The molecule has 0 aliphatic carbocycles. The highest BCUT2D eigenvalue weighted by atomic mass is 16.6. The second-order valence-corrected chi connectivity index (χ2v) is 6.49. The van der Waals surface area contributed by atoms with E-state index in [4.69, 9.17) is 14.2 Å². The molecule has 0 amide bonds. The lowest BCUT2D eigenvalue weighted by molar-refractivity contribution is -0.132. The number of phenolic OH excluding ortho intramolecular Hbond substituents is 1. The molecule has 0 aliphatic heterocycles. The minimum Gasteiger partial charge on any atom is -0.504 e. The van der Waals surface area contributed by atoms with Crippen LogP contribution in [0, 0.1) is 0 Å². The third-order valence-corrected chi connectivity index (χ3v) is 4.29. The summed E-state index contributed by atoms with van der Waals surface area (Å²) in [5, 5.41) is 9.61. The van der Waals surface area contributed by atoms with E-state index in [2.05, 4.69) is 0 Å². The molecule has 29 heavy (non-hydrogen) atoms. The quantitative estimate of drug-likeness (QED) is 0.370. The van der Waals surface area contributed by atoms with Crippen LogP contribution in [0.25, 0.3) is 0 Å². The van der Waals surface area contributed by atoms with Gasteiger partial charge in [-0.1, -0.05) is 18.2 Å². The number of methoxy groups -OCH3 is 2. The number of carbonyl (C=O) groups excluding carboxylic acids is 2. The van der Waals surface area contributed by atoms with Crippen LogP contribution in [0.4, 0.5) is 0 Å². The number of benzene rings is 2. The molecule has 2 aromatic rings. The summed E-state index contributed by atoms with van der Waals surface area (Å²) >= 11 is 0. The van der Waals surface area contributed by atoms with Crippen LogP contribution in [-0.4, -0.2) is 31.1 Å². The van der Waals surface area contributed by atoms with E-state index in [1.165, 1.54) is 21.1 Å². The van der Waals surface area contributed by atoms with Crippen molar-refractivity contribution < 1.29 is 28.9 Å². The van der Waals surface area contributed by atoms with E-state index in [9.17, 15) is 14.7 Å². The predicted molar refractivity (Wildman–Crippen MR) is 110 cm³/mol. The molecule has 0 aliphatic rings. The minimum atomic E-state index is -0.415. The molecular weight excluding hydrogens is 372 g/mol. The number of hydrogen-bond donors (Lipinski definition) is 1. The zero-order valence-corrected chi connectivity index (χ0v) is 16.9. The maximum Gasteiger partial charge on any atom is 0.308 e. The first-order valence-electron chi connectivity index (χ1n) is 9.33. The lowest BCUT2D eigenvalue weighted by Crippen LogP contribution is -2.03. The third kappa shape index (κ3) is 6.99. The predicted octanol–water partition coefficient (Wildman–Crippen LogP) is 4.03. The van der Waals surface area contributed by atoms with Gasteiger partial charge >= 0.3 is 5.97 Å². The van der Waals surface area contributed by atoms with Crippen molar-refractivity contribution in [3.63, 3.8) is 0 Å². The Balaban J connectivity index is 1.82. The standard InChI is InChI=1S/C23H26O6/c1-16(24)29-21-13-10-18(15-23(21)28-3)8-11-19(25)7-5-4-6-17-9-12-20(26)22(14-17)27-2/h5,7,9-10,12-15,26H,4,6,8,11H2,1-3H3/b7-5+. The second-order valence-electron chi connectivity index (χ2n) is 6.49. The van der Waals surface area contributed by atoms with Crippen LogP contribution in [0.15, 0.2) is 48.6 Å². The molecule has 0 fully saturated rings. The Hall–Kier alpha value is -3.28. The number of allylic oxidation sites excluding steroid dienone is 2. The number of ether oxygens (including phenoxy) is 3. The van der Waals surface area contributed by atoms with E-state index < -0.39 is 5.97 Å². The lowest BCUT2D eigenvalue weighted by atomic mass is 10.1. The molecule has 2 aromatic carbocycles. The fraction of sp³-hybridized carbons (Fsp3) is 0.304. The number of phenols is 1. The Morgan fingerprint density at radius 2 is 1.59 bits per heavy atom. The largest absolute Gasteiger partial charge is 0.504 e. The maximum absolute atomic E-state index is 12.1. The fourth-order valence-electron chi connectivity index (χ4n) is 2.80. The summed E-state index contributed by atoms with van der Waals surface area (Å²) in [5.41, 5.74) is 1.95. The van der Waals surface area contributed by atoms with Crippen molar-refractivity contribution >= 4 is 11.8 Å². The first-order chi connectivity index (χ1) is 13.9. The molecule has 154 valence electrons. The molecule has 0 aromatic heterocycles. The summed E-state index contributed by atoms with van der Waals surface area (Å²) in [6.07, 6.45) is 5.85. The normalized spacial score (nSPS) is 10.7. The first-order valence-corrected chi connectivity index (χ1v) is 9.33. The summed E-state index contributed by atoms with van der Waals surface area (Å²) in [4.78, 5) is 23.2. The van der Waals surface area contributed by atoms with E-state index in [1.807, 2.05) is 18.2 Å². The molecule has 0 bridgehead atoms. The van der Waals surface area contributed by atoms with Gasteiger partial charge in [0, 0.05) is 13.3 Å². The van der Waals surface area contributed by atoms with Gasteiger partial charge < -0.3 is 19.3 Å². The topological polar surface area (TPSA) is 82.1 Å². The number of esters is 1. The number of carbonyl (C=O) groups is 2. The molecule has 0 spiro atoms. The van der Waals surface area contributed by atoms with Crippen molar-refractivity contribution in [1.82, 2.24) is 0 Å². The fourth-order valence-corrected chi connectivity index (χ4v) is 2.80. The van der Waals surface area contributed by atoms with Gasteiger partial charge in [0.1, 0.15) is 0 Å². The molecule has 0 heterocycles. The van der Waals surface area contributed by atoms with Gasteiger partial charge in [-0.05, 0) is 60.7 Å². The van der Waals surface area contributed by atoms with Crippen molar-refractivity contribution in [3.05, 3.63) is 59.7 Å². The van der Waals surface area contributed by atoms with Gasteiger partial charge in [0.15, 0.2) is 28.8 Å². The van der Waals surface area contributed by atoms with Gasteiger partial charge in [-0.2, -0.15) is 0 Å². The monoisotopic (exact) mass is 398 g/mol. The number of rotatable bonds is 10. The third-order valence-electron chi connectivity index (χ3n) is 4.29. The Labute approximate surface area is 170 Å². The average Bonchev–Trinajstić information content (AvgIpc) is 2.71. The molecule has 0 unspecified atom stereocenters. The van der Waals surface area contributed by atoms with Crippen LogP contribution in [-0.2, 0) is 22.4 Å². The lowest BCUT2D eigenvalue weighted by Gasteiger charge is -2.09. The SMILES string of the molecule is COc1cc(CC/C=C/C(=O)CCc2ccc(OC(C)=O)c(OC)c2)ccc1O. The summed E-state index contributed by atoms with van der Waals surface area (Å²) in [7, 11) is 3.01. The summed E-state index contributed by atoms with van der Waals surface area (Å²) in [6, 6.07) is 10.5. The van der Waals surface area contributed by atoms with Crippen molar-refractivity contribution in [2.75, 3.05) is 14.2 Å². The highest BCUT2D eigenvalue weighted by Crippen LogP contribution is 2.29. The van der Waals surface area contributed by atoms with Gasteiger partial charge in [0.2, 0.25) is 0 Å². The highest BCUT2D eigenvalue weighted by molar-refractivity contribution is 5.89. The molecule has 2 rings (SSSR count). The van der Waals surface area contributed by atoms with Crippen molar-refractivity contribution in [3.8, 4) is 23.0 Å². The highest BCUT2D eigenvalue weighted by Gasteiger charge is 2.09. The van der Waals surface area contributed by atoms with Crippen LogP contribution in [0.3, 0.4) is 0 Å². The minimum absolute atomic E-state index is 0.0383. The molecule has 0 atom stereocenters. The molecule has 1 N–H and O–H groups in total. The number of hydrogen-bond acceptors (Lipinski definition) is 6. The Morgan fingerprint density at radius 1 is 0.931 bits per heavy atom. The molecule has 6 heteroatoms. The van der Waals surface area contributed by atoms with E-state index in [-0.39, 0.29) is 11.5 Å². The van der Waals surface area contributed by atoms with Crippen LogP contribution in [0.5, 0.6) is 23.0 Å². The van der Waals surface area contributed by atoms with Gasteiger partial charge in [-0.3, -0.25) is 9.59 Å². The smallest absolute Gasteiger partial charge is 0.308 e. The maximum atomic E-state index is 12.1. The zero-order valence-electron chi connectivity index (χ0n) is 16.9. The van der Waals surface area contributed by atoms with Gasteiger partial charge in [-0.15, -0.1) is 0 Å². The average molecular weight is 398 g/mol. The Morgan fingerprint density at radius 3 is 2.28 bits per heavy atom. The van der Waals surface area contributed by atoms with Gasteiger partial charge in [0.05, 0.1) is 14.2 Å². The van der Waals surface area contributed by atoms with Crippen molar-refractivity contribution in [2.24, 2.45) is 0 Å². The Kier molecular flexibility index (Phi) is 8.27. The molecule has 0 radical (unpaired) electrons.